The van der Waals surface area contributed by atoms with Crippen molar-refractivity contribution in [2.24, 2.45) is 5.92 Å². The third-order valence-corrected chi connectivity index (χ3v) is 6.40. The zero-order chi connectivity index (χ0) is 20.4. The smallest absolute Gasteiger partial charge is 0.338 e. The summed E-state index contributed by atoms with van der Waals surface area (Å²) in [6.07, 6.45) is -0.571. The maximum Gasteiger partial charge on any atom is 0.338 e. The molecule has 4 rings (SSSR count). The van der Waals surface area contributed by atoms with E-state index < -0.39 is 6.10 Å². The second-order valence-electron chi connectivity index (χ2n) is 7.57. The second-order valence-corrected chi connectivity index (χ2v) is 8.53. The van der Waals surface area contributed by atoms with Gasteiger partial charge in [-0.1, -0.05) is 6.07 Å². The highest BCUT2D eigenvalue weighted by Crippen LogP contribution is 2.30. The summed E-state index contributed by atoms with van der Waals surface area (Å²) in [4.78, 5) is 15.0. The van der Waals surface area contributed by atoms with Crippen molar-refractivity contribution in [3.8, 4) is 6.07 Å². The highest BCUT2D eigenvalue weighted by atomic mass is 32.2. The lowest BCUT2D eigenvalue weighted by atomic mass is 9.93. The molecule has 0 saturated carbocycles. The summed E-state index contributed by atoms with van der Waals surface area (Å²) in [6, 6.07) is 13.2. The Balaban J connectivity index is 1.22. The number of aliphatic hydroxyl groups excluding tert-OH is 1. The monoisotopic (exact) mass is 409 g/mol. The predicted molar refractivity (Wildman–Crippen MR) is 110 cm³/mol. The molecule has 2 aromatic carbocycles. The molecule has 1 fully saturated rings. The van der Waals surface area contributed by atoms with Gasteiger partial charge < -0.3 is 9.84 Å². The lowest BCUT2D eigenvalue weighted by Gasteiger charge is -2.40. The van der Waals surface area contributed by atoms with E-state index in [-0.39, 0.29) is 5.97 Å². The van der Waals surface area contributed by atoms with E-state index in [2.05, 4.69) is 15.7 Å². The van der Waals surface area contributed by atoms with E-state index in [9.17, 15) is 9.90 Å². The maximum absolute atomic E-state index is 11.7. The van der Waals surface area contributed by atoms with E-state index in [0.717, 1.165) is 41.2 Å². The Hall–Kier alpha value is -2.37. The number of hydrogen-bond acceptors (Lipinski definition) is 7. The topological polar surface area (TPSA) is 85.6 Å². The SMILES string of the molecule is Cc1c(C(O)CN2CC(CNSc3ccc(C#N)cc3)C2)ccc2c1COC2=O. The van der Waals surface area contributed by atoms with Crippen LogP contribution < -0.4 is 4.72 Å². The van der Waals surface area contributed by atoms with E-state index in [1.807, 2.05) is 37.3 Å². The quantitative estimate of drug-likeness (QED) is 0.537. The highest BCUT2D eigenvalue weighted by molar-refractivity contribution is 7.97. The van der Waals surface area contributed by atoms with E-state index in [0.29, 0.717) is 30.2 Å². The minimum atomic E-state index is -0.571. The van der Waals surface area contributed by atoms with E-state index >= 15 is 0 Å². The molecule has 1 atom stereocenters. The molecule has 0 spiro atoms. The van der Waals surface area contributed by atoms with Gasteiger partial charge in [-0.05, 0) is 66.2 Å². The van der Waals surface area contributed by atoms with Crippen molar-refractivity contribution in [3.05, 3.63) is 64.2 Å². The summed E-state index contributed by atoms with van der Waals surface area (Å²) in [5, 5.41) is 19.5. The van der Waals surface area contributed by atoms with Crippen LogP contribution in [-0.4, -0.2) is 42.2 Å². The molecular formula is C22H23N3O3S. The van der Waals surface area contributed by atoms with E-state index in [4.69, 9.17) is 10.00 Å². The van der Waals surface area contributed by atoms with Gasteiger partial charge in [0.15, 0.2) is 0 Å². The summed E-state index contributed by atoms with van der Waals surface area (Å²) in [5.74, 6) is 0.279. The van der Waals surface area contributed by atoms with Gasteiger partial charge in [-0.25, -0.2) is 4.79 Å². The first-order valence-electron chi connectivity index (χ1n) is 9.65. The summed E-state index contributed by atoms with van der Waals surface area (Å²) in [7, 11) is 0. The first-order valence-corrected chi connectivity index (χ1v) is 10.5. The third-order valence-electron chi connectivity index (χ3n) is 5.58. The summed E-state index contributed by atoms with van der Waals surface area (Å²) < 4.78 is 8.48. The van der Waals surface area contributed by atoms with Crippen LogP contribution in [0.5, 0.6) is 0 Å². The van der Waals surface area contributed by atoms with Gasteiger partial charge in [-0.15, -0.1) is 0 Å². The van der Waals surface area contributed by atoms with Crippen LogP contribution in [-0.2, 0) is 11.3 Å². The number of benzene rings is 2. The number of esters is 1. The molecule has 1 saturated heterocycles. The van der Waals surface area contributed by atoms with Crippen molar-refractivity contribution >= 4 is 17.9 Å². The van der Waals surface area contributed by atoms with Gasteiger partial charge in [-0.3, -0.25) is 9.62 Å². The molecule has 1 unspecified atom stereocenters. The summed E-state index contributed by atoms with van der Waals surface area (Å²) >= 11 is 1.58. The van der Waals surface area contributed by atoms with Crippen LogP contribution in [0.3, 0.4) is 0 Å². The Morgan fingerprint density at radius 3 is 2.79 bits per heavy atom. The molecule has 2 aliphatic heterocycles. The fourth-order valence-corrected chi connectivity index (χ4v) is 4.62. The van der Waals surface area contributed by atoms with Gasteiger partial charge in [0.1, 0.15) is 6.61 Å². The molecule has 29 heavy (non-hydrogen) atoms. The average Bonchev–Trinajstić information content (AvgIpc) is 3.08. The Kier molecular flexibility index (Phi) is 5.88. The lowest BCUT2D eigenvalue weighted by Crippen LogP contribution is -2.51. The molecule has 2 N–H and O–H groups in total. The van der Waals surface area contributed by atoms with Gasteiger partial charge in [-0.2, -0.15) is 5.26 Å². The number of nitriles is 1. The van der Waals surface area contributed by atoms with Crippen molar-refractivity contribution in [2.45, 2.75) is 24.5 Å². The Labute approximate surface area is 174 Å². The third kappa shape index (κ3) is 4.31. The fraction of sp³-hybridized carbons (Fsp3) is 0.364. The summed E-state index contributed by atoms with van der Waals surface area (Å²) in [5.41, 5.74) is 4.02. The predicted octanol–water partition coefficient (Wildman–Crippen LogP) is 2.80. The average molecular weight is 410 g/mol. The van der Waals surface area contributed by atoms with Crippen LogP contribution in [0.2, 0.25) is 0 Å². The molecule has 2 heterocycles. The van der Waals surface area contributed by atoms with Crippen molar-refractivity contribution < 1.29 is 14.6 Å². The number of ether oxygens (including phenoxy) is 1. The molecule has 2 aromatic rings. The Morgan fingerprint density at radius 1 is 1.31 bits per heavy atom. The van der Waals surface area contributed by atoms with Crippen molar-refractivity contribution in [1.82, 2.24) is 9.62 Å². The van der Waals surface area contributed by atoms with Crippen molar-refractivity contribution in [3.63, 3.8) is 0 Å². The number of β-amino-alcohol motifs (C(OH)–C–C–N with tert-alkyl or cyclic N) is 1. The largest absolute Gasteiger partial charge is 0.457 e. The van der Waals surface area contributed by atoms with E-state index in [1.165, 1.54) is 0 Å². The number of nitrogens with one attached hydrogen (secondary N) is 1. The molecular weight excluding hydrogens is 386 g/mol. The zero-order valence-corrected chi connectivity index (χ0v) is 17.0. The molecule has 0 aromatic heterocycles. The van der Waals surface area contributed by atoms with Gasteiger partial charge in [0.05, 0.1) is 23.3 Å². The number of hydrogen-bond donors (Lipinski definition) is 2. The lowest BCUT2D eigenvalue weighted by molar-refractivity contribution is 0.0416. The first kappa shape index (κ1) is 19.9. The van der Waals surface area contributed by atoms with Crippen molar-refractivity contribution in [2.75, 3.05) is 26.2 Å². The summed E-state index contributed by atoms with van der Waals surface area (Å²) in [6.45, 7) is 5.63. The highest BCUT2D eigenvalue weighted by Gasteiger charge is 2.30. The zero-order valence-electron chi connectivity index (χ0n) is 16.2. The number of carbonyl (C=O) groups is 1. The normalized spacial score (nSPS) is 17.3. The number of carbonyl (C=O) groups excluding carboxylic acids is 1. The van der Waals surface area contributed by atoms with Gasteiger partial charge >= 0.3 is 5.97 Å². The second kappa shape index (κ2) is 8.56. The van der Waals surface area contributed by atoms with Crippen molar-refractivity contribution in [1.29, 1.82) is 5.26 Å². The molecule has 7 heteroatoms. The molecule has 0 aliphatic carbocycles. The number of likely N-dealkylation sites (tertiary alicyclic amines) is 1. The fourth-order valence-electron chi connectivity index (χ4n) is 3.87. The van der Waals surface area contributed by atoms with Crippen LogP contribution in [0.25, 0.3) is 0 Å². The molecule has 0 bridgehead atoms. The minimum absolute atomic E-state index is 0.277. The number of fused-ring (bicyclic) bond motifs is 1. The standard InChI is InChI=1S/C22H23N3O3S/c1-14-18(6-7-19-20(14)13-28-22(19)27)21(26)12-25-10-16(11-25)9-24-29-17-4-2-15(8-23)3-5-17/h2-7,16,21,24,26H,9-13H2,1H3. The molecule has 2 aliphatic rings. The molecule has 0 radical (unpaired) electrons. The molecule has 6 nitrogen and oxygen atoms in total. The van der Waals surface area contributed by atoms with Crippen LogP contribution in [0.4, 0.5) is 0 Å². The van der Waals surface area contributed by atoms with Gasteiger partial charge in [0.2, 0.25) is 0 Å². The Morgan fingerprint density at radius 2 is 2.07 bits per heavy atom. The number of rotatable bonds is 7. The van der Waals surface area contributed by atoms with E-state index in [1.54, 1.807) is 18.0 Å². The van der Waals surface area contributed by atoms with Gasteiger partial charge in [0, 0.05) is 36.6 Å². The van der Waals surface area contributed by atoms with Gasteiger partial charge in [0.25, 0.3) is 0 Å². The Bertz CT molecular complexity index is 949. The molecule has 0 amide bonds. The van der Waals surface area contributed by atoms with Crippen LogP contribution in [0, 0.1) is 24.2 Å². The first-order chi connectivity index (χ1) is 14.0. The van der Waals surface area contributed by atoms with Crippen LogP contribution >= 0.6 is 11.9 Å². The number of aliphatic hydroxyl groups is 1. The van der Waals surface area contributed by atoms with Crippen LogP contribution in [0.1, 0.15) is 38.7 Å². The number of nitrogens with zero attached hydrogens (tertiary/aromatic N) is 2. The van der Waals surface area contributed by atoms with Crippen LogP contribution in [0.15, 0.2) is 41.3 Å². The molecule has 150 valence electrons. The maximum atomic E-state index is 11.7. The number of cyclic esters (lactones) is 1. The minimum Gasteiger partial charge on any atom is -0.457 e.